The molecule has 0 saturated heterocycles. The van der Waals surface area contributed by atoms with Crippen molar-refractivity contribution >= 4 is 28.6 Å². The van der Waals surface area contributed by atoms with Gasteiger partial charge in [-0.05, 0) is 49.1 Å². The average Bonchev–Trinajstić information content (AvgIpc) is 2.72. The van der Waals surface area contributed by atoms with E-state index in [1.165, 1.54) is 17.3 Å². The third kappa shape index (κ3) is 4.88. The predicted molar refractivity (Wildman–Crippen MR) is 120 cm³/mol. The molecule has 0 spiro atoms. The van der Waals surface area contributed by atoms with Crippen LogP contribution in [0.2, 0.25) is 0 Å². The van der Waals surface area contributed by atoms with Gasteiger partial charge in [0.1, 0.15) is 0 Å². The van der Waals surface area contributed by atoms with Gasteiger partial charge in [-0.2, -0.15) is 0 Å². The Bertz CT molecular complexity index is 1060. The summed E-state index contributed by atoms with van der Waals surface area (Å²) in [5.74, 6) is 0.323. The highest BCUT2D eigenvalue weighted by molar-refractivity contribution is 8.00. The van der Waals surface area contributed by atoms with E-state index in [1.807, 2.05) is 49.4 Å². The summed E-state index contributed by atoms with van der Waals surface area (Å²) in [7, 11) is 0. The third-order valence-corrected chi connectivity index (χ3v) is 5.74. The zero-order valence-corrected chi connectivity index (χ0v) is 18.1. The van der Waals surface area contributed by atoms with Gasteiger partial charge in [0.2, 0.25) is 5.91 Å². The van der Waals surface area contributed by atoms with Crippen molar-refractivity contribution in [2.24, 2.45) is 5.92 Å². The molecule has 29 heavy (non-hydrogen) atoms. The number of nitrogens with one attached hydrogen (secondary N) is 1. The molecular formula is C23H27N3O2S. The fourth-order valence-corrected chi connectivity index (χ4v) is 3.91. The topological polar surface area (TPSA) is 64.0 Å². The van der Waals surface area contributed by atoms with Crippen LogP contribution in [0.5, 0.6) is 0 Å². The number of thioether (sulfide) groups is 1. The monoisotopic (exact) mass is 409 g/mol. The highest BCUT2D eigenvalue weighted by atomic mass is 32.2. The molecule has 1 amide bonds. The molecule has 1 unspecified atom stereocenters. The molecule has 0 aliphatic carbocycles. The Morgan fingerprint density at radius 1 is 1.10 bits per heavy atom. The first-order valence-corrected chi connectivity index (χ1v) is 10.8. The second-order valence-electron chi connectivity index (χ2n) is 7.47. The standard InChI is InChI=1S/C23H27N3O2S/c1-5-17-10-12-18(13-11-17)26-22(28)19-8-6-7-9-20(19)25-23(26)29-16(4)21(27)24-14-15(2)3/h6-13,15-16H,5,14H2,1-4H3,(H,24,27). The number of carbonyl (C=O) groups excluding carboxylic acids is 1. The minimum Gasteiger partial charge on any atom is -0.355 e. The summed E-state index contributed by atoms with van der Waals surface area (Å²) in [5, 5.41) is 3.66. The number of carbonyl (C=O) groups is 1. The first-order chi connectivity index (χ1) is 13.9. The van der Waals surface area contributed by atoms with Crippen molar-refractivity contribution in [3.63, 3.8) is 0 Å². The normalized spacial score (nSPS) is 12.3. The molecule has 0 bridgehead atoms. The Balaban J connectivity index is 2.04. The molecule has 1 atom stereocenters. The van der Waals surface area contributed by atoms with Crippen LogP contribution in [-0.2, 0) is 11.2 Å². The summed E-state index contributed by atoms with van der Waals surface area (Å²) < 4.78 is 1.61. The van der Waals surface area contributed by atoms with Crippen molar-refractivity contribution in [3.05, 3.63) is 64.4 Å². The summed E-state index contributed by atoms with van der Waals surface area (Å²) in [5.41, 5.74) is 2.46. The van der Waals surface area contributed by atoms with Gasteiger partial charge in [0, 0.05) is 6.54 Å². The molecule has 1 aromatic heterocycles. The van der Waals surface area contributed by atoms with Crippen LogP contribution in [0.3, 0.4) is 0 Å². The Labute approximate surface area is 175 Å². The highest BCUT2D eigenvalue weighted by Crippen LogP contribution is 2.25. The Morgan fingerprint density at radius 2 is 1.79 bits per heavy atom. The van der Waals surface area contributed by atoms with E-state index in [1.54, 1.807) is 10.6 Å². The first-order valence-electron chi connectivity index (χ1n) is 9.96. The van der Waals surface area contributed by atoms with Crippen molar-refractivity contribution in [2.75, 3.05) is 6.54 Å². The Hall–Kier alpha value is -2.60. The van der Waals surface area contributed by atoms with Gasteiger partial charge in [0.25, 0.3) is 5.56 Å². The van der Waals surface area contributed by atoms with Gasteiger partial charge in [-0.15, -0.1) is 0 Å². The molecule has 1 heterocycles. The number of rotatable bonds is 7. The summed E-state index contributed by atoms with van der Waals surface area (Å²) in [6, 6.07) is 15.2. The minimum atomic E-state index is -0.372. The number of aryl methyl sites for hydroxylation is 1. The number of amides is 1. The maximum atomic E-state index is 13.3. The number of para-hydroxylation sites is 1. The van der Waals surface area contributed by atoms with Crippen molar-refractivity contribution in [1.29, 1.82) is 0 Å². The van der Waals surface area contributed by atoms with Gasteiger partial charge in [-0.25, -0.2) is 4.98 Å². The van der Waals surface area contributed by atoms with Crippen molar-refractivity contribution in [3.8, 4) is 5.69 Å². The zero-order chi connectivity index (χ0) is 21.0. The summed E-state index contributed by atoms with van der Waals surface area (Å²) in [4.78, 5) is 30.5. The van der Waals surface area contributed by atoms with E-state index < -0.39 is 0 Å². The van der Waals surface area contributed by atoms with E-state index in [4.69, 9.17) is 4.98 Å². The van der Waals surface area contributed by atoms with Crippen LogP contribution in [0.15, 0.2) is 58.5 Å². The molecule has 0 fully saturated rings. The van der Waals surface area contributed by atoms with Gasteiger partial charge in [0.15, 0.2) is 5.16 Å². The van der Waals surface area contributed by atoms with Crippen LogP contribution >= 0.6 is 11.8 Å². The molecular weight excluding hydrogens is 382 g/mol. The molecule has 3 aromatic rings. The number of nitrogens with zero attached hydrogens (tertiary/aromatic N) is 2. The fraction of sp³-hybridized carbons (Fsp3) is 0.348. The van der Waals surface area contributed by atoms with Crippen molar-refractivity contribution < 1.29 is 4.79 Å². The second-order valence-corrected chi connectivity index (χ2v) is 8.78. The lowest BCUT2D eigenvalue weighted by atomic mass is 10.1. The smallest absolute Gasteiger partial charge is 0.266 e. The van der Waals surface area contributed by atoms with Gasteiger partial charge in [-0.1, -0.05) is 56.8 Å². The van der Waals surface area contributed by atoms with Gasteiger partial charge < -0.3 is 5.32 Å². The first kappa shape index (κ1) is 21.1. The maximum absolute atomic E-state index is 13.3. The van der Waals surface area contributed by atoms with E-state index in [2.05, 4.69) is 26.1 Å². The quantitative estimate of drug-likeness (QED) is 0.469. The van der Waals surface area contributed by atoms with Gasteiger partial charge >= 0.3 is 0 Å². The number of hydrogen-bond acceptors (Lipinski definition) is 4. The minimum absolute atomic E-state index is 0.0565. The van der Waals surface area contributed by atoms with Crippen molar-refractivity contribution in [1.82, 2.24) is 14.9 Å². The van der Waals surface area contributed by atoms with Crippen LogP contribution < -0.4 is 10.9 Å². The fourth-order valence-electron chi connectivity index (χ4n) is 2.96. The van der Waals surface area contributed by atoms with Gasteiger partial charge in [0.05, 0.1) is 21.8 Å². The van der Waals surface area contributed by atoms with Crippen LogP contribution in [-0.4, -0.2) is 27.3 Å². The number of hydrogen-bond donors (Lipinski definition) is 1. The van der Waals surface area contributed by atoms with Gasteiger partial charge in [-0.3, -0.25) is 14.2 Å². The maximum Gasteiger partial charge on any atom is 0.266 e. The van der Waals surface area contributed by atoms with E-state index in [9.17, 15) is 9.59 Å². The molecule has 6 heteroatoms. The number of fused-ring (bicyclic) bond motifs is 1. The Kier molecular flexibility index (Phi) is 6.75. The molecule has 3 rings (SSSR count). The number of aromatic nitrogens is 2. The van der Waals surface area contributed by atoms with Crippen LogP contribution in [0.4, 0.5) is 0 Å². The molecule has 0 radical (unpaired) electrons. The largest absolute Gasteiger partial charge is 0.355 e. The van der Waals surface area contributed by atoms with Crippen LogP contribution in [0.25, 0.3) is 16.6 Å². The van der Waals surface area contributed by atoms with E-state index in [0.717, 1.165) is 12.1 Å². The molecule has 0 aliphatic rings. The molecule has 0 aliphatic heterocycles. The highest BCUT2D eigenvalue weighted by Gasteiger charge is 2.20. The second kappa shape index (κ2) is 9.27. The lowest BCUT2D eigenvalue weighted by Gasteiger charge is -2.17. The SMILES string of the molecule is CCc1ccc(-n2c(SC(C)C(=O)NCC(C)C)nc3ccccc3c2=O)cc1. The summed E-state index contributed by atoms with van der Waals surface area (Å²) in [6.45, 7) is 8.67. The van der Waals surface area contributed by atoms with Crippen molar-refractivity contribution in [2.45, 2.75) is 44.5 Å². The zero-order valence-electron chi connectivity index (χ0n) is 17.3. The van der Waals surface area contributed by atoms with E-state index in [-0.39, 0.29) is 16.7 Å². The molecule has 152 valence electrons. The molecule has 2 aromatic carbocycles. The number of benzene rings is 2. The molecule has 5 nitrogen and oxygen atoms in total. The predicted octanol–water partition coefficient (Wildman–Crippen LogP) is 4.20. The summed E-state index contributed by atoms with van der Waals surface area (Å²) in [6.07, 6.45) is 0.930. The molecule has 0 saturated carbocycles. The third-order valence-electron chi connectivity index (χ3n) is 4.68. The lowest BCUT2D eigenvalue weighted by molar-refractivity contribution is -0.120. The van der Waals surface area contributed by atoms with E-state index in [0.29, 0.717) is 28.5 Å². The molecule has 1 N–H and O–H groups in total. The summed E-state index contributed by atoms with van der Waals surface area (Å²) >= 11 is 1.30. The van der Waals surface area contributed by atoms with E-state index >= 15 is 0 Å². The average molecular weight is 410 g/mol. The van der Waals surface area contributed by atoms with Crippen LogP contribution in [0, 0.1) is 5.92 Å². The van der Waals surface area contributed by atoms with Crippen LogP contribution in [0.1, 0.15) is 33.3 Å². The lowest BCUT2D eigenvalue weighted by Crippen LogP contribution is -2.34. The Morgan fingerprint density at radius 3 is 2.45 bits per heavy atom.